The van der Waals surface area contributed by atoms with E-state index in [0.29, 0.717) is 21.3 Å². The molecule has 3 heterocycles. The van der Waals surface area contributed by atoms with E-state index in [4.69, 9.17) is 21.2 Å². The molecule has 190 valence electrons. The van der Waals surface area contributed by atoms with Crippen LogP contribution in [-0.4, -0.2) is 31.0 Å². The van der Waals surface area contributed by atoms with Gasteiger partial charge in [0.1, 0.15) is 10.9 Å². The van der Waals surface area contributed by atoms with E-state index in [-0.39, 0.29) is 5.91 Å². The van der Waals surface area contributed by atoms with E-state index in [1.807, 2.05) is 31.2 Å². The minimum absolute atomic E-state index is 0.338. The van der Waals surface area contributed by atoms with Crippen molar-refractivity contribution in [3.05, 3.63) is 80.7 Å². The number of amides is 2. The Kier molecular flexibility index (Phi) is 6.06. The Bertz CT molecular complexity index is 1400. The number of methoxy groups -OCH3 is 1. The van der Waals surface area contributed by atoms with E-state index >= 15 is 0 Å². The third-order valence-electron chi connectivity index (χ3n) is 7.36. The summed E-state index contributed by atoms with van der Waals surface area (Å²) in [6.45, 7) is 1.99. The second kappa shape index (κ2) is 9.28. The molecule has 0 radical (unpaired) electrons. The van der Waals surface area contributed by atoms with E-state index < -0.39 is 29.9 Å². The molecule has 0 N–H and O–H groups in total. The molecule has 7 nitrogen and oxygen atoms in total. The highest BCUT2D eigenvalue weighted by atomic mass is 35.5. The first-order valence-electron chi connectivity index (χ1n) is 12.3. The summed E-state index contributed by atoms with van der Waals surface area (Å²) >= 11 is 7.45. The van der Waals surface area contributed by atoms with Crippen molar-refractivity contribution in [2.24, 2.45) is 5.92 Å². The molecule has 0 bridgehead atoms. The Balaban J connectivity index is 1.44. The number of imide groups is 1. The molecule has 3 aromatic rings. The van der Waals surface area contributed by atoms with Crippen LogP contribution in [0.25, 0.3) is 0 Å². The molecule has 2 amide bonds. The number of nitrogens with zero attached hydrogens (tertiary/aromatic N) is 2. The summed E-state index contributed by atoms with van der Waals surface area (Å²) in [5.74, 6) is -2.14. The number of ether oxygens (including phenoxy) is 1. The van der Waals surface area contributed by atoms with Gasteiger partial charge in [-0.3, -0.25) is 14.4 Å². The fraction of sp³-hybridized carbons (Fsp3) is 0.321. The molecule has 2 aromatic carbocycles. The van der Waals surface area contributed by atoms with Crippen molar-refractivity contribution in [2.45, 2.75) is 44.8 Å². The number of rotatable bonds is 4. The molecular formula is C28H25ClN2O5S. The minimum Gasteiger partial charge on any atom is -0.465 e. The third-order valence-corrected chi connectivity index (χ3v) is 8.89. The van der Waals surface area contributed by atoms with Crippen molar-refractivity contribution in [3.8, 4) is 0 Å². The van der Waals surface area contributed by atoms with Crippen molar-refractivity contribution in [1.82, 2.24) is 0 Å². The van der Waals surface area contributed by atoms with Gasteiger partial charge in [-0.05, 0) is 68.0 Å². The molecule has 2 aliphatic heterocycles. The summed E-state index contributed by atoms with van der Waals surface area (Å²) in [6, 6.07) is 14.4. The van der Waals surface area contributed by atoms with E-state index in [9.17, 15) is 14.4 Å². The maximum absolute atomic E-state index is 14.1. The second-order valence-electron chi connectivity index (χ2n) is 9.60. The molecule has 1 aliphatic carbocycles. The van der Waals surface area contributed by atoms with E-state index in [0.717, 1.165) is 47.3 Å². The van der Waals surface area contributed by atoms with Crippen LogP contribution >= 0.6 is 22.9 Å². The number of hydrogen-bond acceptors (Lipinski definition) is 7. The largest absolute Gasteiger partial charge is 0.465 e. The number of anilines is 2. The molecule has 3 unspecified atom stereocenters. The average molecular weight is 537 g/mol. The number of carbonyl (C=O) groups is 3. The normalized spacial score (nSPS) is 22.8. The van der Waals surface area contributed by atoms with Gasteiger partial charge in [0, 0.05) is 9.90 Å². The zero-order valence-electron chi connectivity index (χ0n) is 20.4. The fourth-order valence-electron chi connectivity index (χ4n) is 5.55. The van der Waals surface area contributed by atoms with Crippen molar-refractivity contribution in [1.29, 1.82) is 0 Å². The highest BCUT2D eigenvalue weighted by Crippen LogP contribution is 2.50. The fourth-order valence-corrected chi connectivity index (χ4v) is 7.06. The first-order chi connectivity index (χ1) is 17.9. The van der Waals surface area contributed by atoms with Crippen LogP contribution in [0.3, 0.4) is 0 Å². The van der Waals surface area contributed by atoms with Crippen molar-refractivity contribution >= 4 is 51.4 Å². The number of carbonyl (C=O) groups excluding carboxylic acids is 3. The molecule has 0 saturated carbocycles. The van der Waals surface area contributed by atoms with Crippen LogP contribution in [0.15, 0.2) is 48.5 Å². The van der Waals surface area contributed by atoms with Crippen LogP contribution in [0.1, 0.15) is 50.8 Å². The molecule has 6 rings (SSSR count). The molecule has 3 atom stereocenters. The van der Waals surface area contributed by atoms with Crippen molar-refractivity contribution in [2.75, 3.05) is 17.1 Å². The monoisotopic (exact) mass is 536 g/mol. The van der Waals surface area contributed by atoms with Gasteiger partial charge in [-0.15, -0.1) is 11.3 Å². The Morgan fingerprint density at radius 1 is 1.03 bits per heavy atom. The average Bonchev–Trinajstić information content (AvgIpc) is 3.55. The molecule has 0 spiro atoms. The Morgan fingerprint density at radius 2 is 1.73 bits per heavy atom. The standard InChI is InChI=1S/C28H25ClN2O5S/c1-15-7-9-16(10-8-15)23-22-24(36-31(23)18-13-11-17(29)12-14-18)26(33)30(25(22)32)27-21(28(34)35-2)19-5-3-4-6-20(19)37-27/h7-14,22-24H,3-6H2,1-2H3. The molecule has 9 heteroatoms. The topological polar surface area (TPSA) is 76.2 Å². The first kappa shape index (κ1) is 24.2. The lowest BCUT2D eigenvalue weighted by Gasteiger charge is -2.28. The van der Waals surface area contributed by atoms with Crippen LogP contribution in [0.5, 0.6) is 0 Å². The third kappa shape index (κ3) is 3.86. The Hall–Kier alpha value is -3.20. The van der Waals surface area contributed by atoms with E-state index in [1.54, 1.807) is 29.3 Å². The number of hydroxylamine groups is 1. The van der Waals surface area contributed by atoms with Gasteiger partial charge >= 0.3 is 5.97 Å². The van der Waals surface area contributed by atoms with Gasteiger partial charge in [-0.25, -0.2) is 14.8 Å². The highest BCUT2D eigenvalue weighted by Gasteiger charge is 2.61. The zero-order chi connectivity index (χ0) is 25.8. The lowest BCUT2D eigenvalue weighted by molar-refractivity contribution is -0.126. The van der Waals surface area contributed by atoms with E-state index in [1.165, 1.54) is 23.3 Å². The van der Waals surface area contributed by atoms with Crippen molar-refractivity contribution in [3.63, 3.8) is 0 Å². The van der Waals surface area contributed by atoms with Gasteiger partial charge in [-0.2, -0.15) is 0 Å². The number of thiophene rings is 1. The second-order valence-corrected chi connectivity index (χ2v) is 11.1. The lowest BCUT2D eigenvalue weighted by atomic mass is 9.90. The highest BCUT2D eigenvalue weighted by molar-refractivity contribution is 7.17. The Morgan fingerprint density at radius 3 is 2.43 bits per heavy atom. The summed E-state index contributed by atoms with van der Waals surface area (Å²) in [4.78, 5) is 49.2. The van der Waals surface area contributed by atoms with Gasteiger partial charge in [0.05, 0.1) is 24.4 Å². The predicted octanol–water partition coefficient (Wildman–Crippen LogP) is 5.43. The van der Waals surface area contributed by atoms with E-state index in [2.05, 4.69) is 0 Å². The van der Waals surface area contributed by atoms with Crippen LogP contribution < -0.4 is 9.96 Å². The van der Waals surface area contributed by atoms with Crippen LogP contribution in [0.4, 0.5) is 10.7 Å². The van der Waals surface area contributed by atoms with Gasteiger partial charge in [-0.1, -0.05) is 41.4 Å². The summed E-state index contributed by atoms with van der Waals surface area (Å²) in [6.07, 6.45) is 2.50. The number of fused-ring (bicyclic) bond motifs is 2. The van der Waals surface area contributed by atoms with Crippen LogP contribution in [0, 0.1) is 12.8 Å². The number of hydrogen-bond donors (Lipinski definition) is 0. The summed E-state index contributed by atoms with van der Waals surface area (Å²) < 4.78 is 5.08. The number of aryl methyl sites for hydroxylation is 2. The number of esters is 1. The maximum Gasteiger partial charge on any atom is 0.341 e. The van der Waals surface area contributed by atoms with Gasteiger partial charge < -0.3 is 4.74 Å². The quantitative estimate of drug-likeness (QED) is 0.327. The molecule has 2 fully saturated rings. The molecule has 1 aromatic heterocycles. The maximum atomic E-state index is 14.1. The zero-order valence-corrected chi connectivity index (χ0v) is 22.0. The molecule has 37 heavy (non-hydrogen) atoms. The van der Waals surface area contributed by atoms with Crippen LogP contribution in [-0.2, 0) is 32.0 Å². The molecule has 2 saturated heterocycles. The van der Waals surface area contributed by atoms with Gasteiger partial charge in [0.25, 0.3) is 5.91 Å². The first-order valence-corrected chi connectivity index (χ1v) is 13.5. The number of benzene rings is 2. The molecule has 3 aliphatic rings. The minimum atomic E-state index is -1.01. The van der Waals surface area contributed by atoms with Gasteiger partial charge in [0.2, 0.25) is 5.91 Å². The molecular weight excluding hydrogens is 512 g/mol. The summed E-state index contributed by atoms with van der Waals surface area (Å²) in [5.41, 5.74) is 3.87. The number of halogens is 1. The van der Waals surface area contributed by atoms with Crippen LogP contribution in [0.2, 0.25) is 5.02 Å². The smallest absolute Gasteiger partial charge is 0.341 e. The predicted molar refractivity (Wildman–Crippen MR) is 141 cm³/mol. The Labute approximate surface area is 223 Å². The summed E-state index contributed by atoms with van der Waals surface area (Å²) in [5, 5.41) is 2.57. The van der Waals surface area contributed by atoms with Crippen molar-refractivity contribution < 1.29 is 24.0 Å². The summed E-state index contributed by atoms with van der Waals surface area (Å²) in [7, 11) is 1.32. The SMILES string of the molecule is COC(=O)c1c(N2C(=O)C3ON(c4ccc(Cl)cc4)C(c4ccc(C)cc4)C3C2=O)sc2c1CCCC2. The van der Waals surface area contributed by atoms with Gasteiger partial charge in [0.15, 0.2) is 6.10 Å². The lowest BCUT2D eigenvalue weighted by Crippen LogP contribution is -2.37.